The highest BCUT2D eigenvalue weighted by Crippen LogP contribution is 2.38. The highest BCUT2D eigenvalue weighted by molar-refractivity contribution is 5.92. The van der Waals surface area contributed by atoms with Crippen LogP contribution in [-0.2, 0) is 6.42 Å². The van der Waals surface area contributed by atoms with Gasteiger partial charge in [0.2, 0.25) is 0 Å². The average molecular weight is 342 g/mol. The maximum absolute atomic E-state index is 11.4. The first-order chi connectivity index (χ1) is 12.7. The maximum atomic E-state index is 11.4. The number of ether oxygens (including phenoxy) is 1. The summed E-state index contributed by atoms with van der Waals surface area (Å²) >= 11 is 0. The first-order valence-electron chi connectivity index (χ1n) is 8.61. The van der Waals surface area contributed by atoms with Crippen LogP contribution in [0.5, 0.6) is 11.5 Å². The van der Waals surface area contributed by atoms with Gasteiger partial charge < -0.3 is 9.84 Å². The lowest BCUT2D eigenvalue weighted by Gasteiger charge is -2.21. The van der Waals surface area contributed by atoms with Gasteiger partial charge in [0.1, 0.15) is 11.5 Å². The van der Waals surface area contributed by atoms with Crippen LogP contribution >= 0.6 is 0 Å². The molecule has 0 bridgehead atoms. The third kappa shape index (κ3) is 3.11. The number of benzene rings is 3. The van der Waals surface area contributed by atoms with Crippen LogP contribution in [0.4, 0.5) is 0 Å². The second kappa shape index (κ2) is 6.89. The number of fused-ring (bicyclic) bond motifs is 1. The number of aromatic carboxylic acids is 1. The zero-order valence-electron chi connectivity index (χ0n) is 14.2. The van der Waals surface area contributed by atoms with Gasteiger partial charge in [-0.3, -0.25) is 0 Å². The molecule has 3 aromatic rings. The average Bonchev–Trinajstić information content (AvgIpc) is 2.68. The van der Waals surface area contributed by atoms with Crippen LogP contribution in [0.15, 0.2) is 78.9 Å². The number of carboxylic acid groups (broad SMARTS) is 1. The summed E-state index contributed by atoms with van der Waals surface area (Å²) in [6.45, 7) is 0. The maximum Gasteiger partial charge on any atom is 0.335 e. The zero-order chi connectivity index (χ0) is 17.9. The summed E-state index contributed by atoms with van der Waals surface area (Å²) in [4.78, 5) is 11.4. The molecule has 0 aliphatic heterocycles. The zero-order valence-corrected chi connectivity index (χ0v) is 14.2. The number of carbonyl (C=O) groups is 1. The van der Waals surface area contributed by atoms with Crippen molar-refractivity contribution in [2.24, 2.45) is 0 Å². The topological polar surface area (TPSA) is 46.5 Å². The third-order valence-electron chi connectivity index (χ3n) is 4.56. The quantitative estimate of drug-likeness (QED) is 0.675. The fraction of sp³-hybridized carbons (Fsp3) is 0.0870. The predicted octanol–water partition coefficient (Wildman–Crippen LogP) is 5.56. The van der Waals surface area contributed by atoms with Crippen molar-refractivity contribution in [2.45, 2.75) is 12.8 Å². The van der Waals surface area contributed by atoms with Gasteiger partial charge >= 0.3 is 5.97 Å². The Bertz CT molecular complexity index is 987. The first kappa shape index (κ1) is 16.2. The van der Waals surface area contributed by atoms with E-state index in [2.05, 4.69) is 6.08 Å². The molecule has 128 valence electrons. The highest BCUT2D eigenvalue weighted by Gasteiger charge is 2.19. The SMILES string of the molecule is O=C(O)c1ccc2c(c1)C(c1ccccc1Oc1ccccc1)=CCC2. The van der Waals surface area contributed by atoms with E-state index in [0.717, 1.165) is 41.0 Å². The summed E-state index contributed by atoms with van der Waals surface area (Å²) < 4.78 is 6.10. The third-order valence-corrected chi connectivity index (χ3v) is 4.56. The Morgan fingerprint density at radius 2 is 1.65 bits per heavy atom. The molecule has 0 amide bonds. The summed E-state index contributed by atoms with van der Waals surface area (Å²) in [6, 6.07) is 22.9. The van der Waals surface area contributed by atoms with Crippen molar-refractivity contribution >= 4 is 11.5 Å². The van der Waals surface area contributed by atoms with Gasteiger partial charge in [0.15, 0.2) is 0 Å². The lowest BCUT2D eigenvalue weighted by molar-refractivity contribution is 0.0697. The highest BCUT2D eigenvalue weighted by atomic mass is 16.5. The molecule has 1 aliphatic carbocycles. The minimum atomic E-state index is -0.911. The van der Waals surface area contributed by atoms with Gasteiger partial charge in [-0.25, -0.2) is 4.79 Å². The van der Waals surface area contributed by atoms with Gasteiger partial charge in [0.05, 0.1) is 5.56 Å². The minimum Gasteiger partial charge on any atom is -0.478 e. The van der Waals surface area contributed by atoms with Crippen LogP contribution in [0.25, 0.3) is 5.57 Å². The van der Waals surface area contributed by atoms with E-state index in [4.69, 9.17) is 4.74 Å². The van der Waals surface area contributed by atoms with Crippen LogP contribution in [0, 0.1) is 0 Å². The van der Waals surface area contributed by atoms with E-state index in [-0.39, 0.29) is 0 Å². The molecule has 0 aromatic heterocycles. The van der Waals surface area contributed by atoms with Gasteiger partial charge in [0.25, 0.3) is 0 Å². The van der Waals surface area contributed by atoms with Gasteiger partial charge in [0, 0.05) is 5.56 Å². The van der Waals surface area contributed by atoms with E-state index in [1.165, 1.54) is 5.56 Å². The van der Waals surface area contributed by atoms with Crippen molar-refractivity contribution < 1.29 is 14.6 Å². The summed E-state index contributed by atoms with van der Waals surface area (Å²) in [5.74, 6) is 0.626. The van der Waals surface area contributed by atoms with Crippen LogP contribution < -0.4 is 4.74 Å². The van der Waals surface area contributed by atoms with Gasteiger partial charge in [-0.1, -0.05) is 48.5 Å². The molecule has 4 rings (SSSR count). The van der Waals surface area contributed by atoms with Crippen molar-refractivity contribution in [2.75, 3.05) is 0 Å². The van der Waals surface area contributed by atoms with Crippen molar-refractivity contribution in [3.8, 4) is 11.5 Å². The number of rotatable bonds is 4. The summed E-state index contributed by atoms with van der Waals surface area (Å²) in [6.07, 6.45) is 4.01. The Balaban J connectivity index is 1.79. The number of allylic oxidation sites excluding steroid dienone is 1. The second-order valence-electron chi connectivity index (χ2n) is 6.24. The molecule has 0 atom stereocenters. The molecule has 0 radical (unpaired) electrons. The van der Waals surface area contributed by atoms with Crippen molar-refractivity contribution in [3.05, 3.63) is 101 Å². The summed E-state index contributed by atoms with van der Waals surface area (Å²) in [5, 5.41) is 9.35. The lowest BCUT2D eigenvalue weighted by Crippen LogP contribution is -2.05. The minimum absolute atomic E-state index is 0.304. The molecule has 3 aromatic carbocycles. The van der Waals surface area contributed by atoms with Crippen LogP contribution in [0.3, 0.4) is 0 Å². The Hall–Kier alpha value is -3.33. The molecular weight excluding hydrogens is 324 g/mol. The summed E-state index contributed by atoms with van der Waals surface area (Å²) in [5.41, 5.74) is 4.45. The molecule has 0 spiro atoms. The number of hydrogen-bond acceptors (Lipinski definition) is 2. The molecule has 26 heavy (non-hydrogen) atoms. The number of para-hydroxylation sites is 2. The molecule has 0 fully saturated rings. The standard InChI is InChI=1S/C23H18O3/c24-23(25)17-14-13-16-7-6-11-19(21(16)15-17)20-10-4-5-12-22(20)26-18-8-2-1-3-9-18/h1-5,8-15H,6-7H2,(H,24,25). The van der Waals surface area contributed by atoms with E-state index in [1.54, 1.807) is 12.1 Å². The fourth-order valence-electron chi connectivity index (χ4n) is 3.31. The second-order valence-corrected chi connectivity index (χ2v) is 6.24. The molecule has 3 nitrogen and oxygen atoms in total. The smallest absolute Gasteiger partial charge is 0.335 e. The Kier molecular flexibility index (Phi) is 4.28. The Morgan fingerprint density at radius 3 is 2.46 bits per heavy atom. The molecule has 0 saturated heterocycles. The van der Waals surface area contributed by atoms with Gasteiger partial charge in [-0.15, -0.1) is 0 Å². The summed E-state index contributed by atoms with van der Waals surface area (Å²) in [7, 11) is 0. The van der Waals surface area contributed by atoms with E-state index in [0.29, 0.717) is 5.56 Å². The van der Waals surface area contributed by atoms with Crippen molar-refractivity contribution in [3.63, 3.8) is 0 Å². The molecule has 1 N–H and O–H groups in total. The molecule has 0 saturated carbocycles. The Labute approximate surface area is 152 Å². The molecule has 3 heteroatoms. The van der Waals surface area contributed by atoms with Gasteiger partial charge in [-0.05, 0) is 59.9 Å². The van der Waals surface area contributed by atoms with E-state index < -0.39 is 5.97 Å². The Morgan fingerprint density at radius 1 is 0.885 bits per heavy atom. The first-order valence-corrected chi connectivity index (χ1v) is 8.61. The van der Waals surface area contributed by atoms with E-state index in [1.807, 2.05) is 60.7 Å². The van der Waals surface area contributed by atoms with Crippen LogP contribution in [0.1, 0.15) is 33.5 Å². The molecular formula is C23H18O3. The van der Waals surface area contributed by atoms with Gasteiger partial charge in [-0.2, -0.15) is 0 Å². The normalized spacial score (nSPS) is 12.8. The lowest BCUT2D eigenvalue weighted by atomic mass is 9.85. The largest absolute Gasteiger partial charge is 0.478 e. The number of hydrogen-bond donors (Lipinski definition) is 1. The van der Waals surface area contributed by atoms with Crippen LogP contribution in [-0.4, -0.2) is 11.1 Å². The van der Waals surface area contributed by atoms with Crippen molar-refractivity contribution in [1.29, 1.82) is 0 Å². The number of carboxylic acids is 1. The van der Waals surface area contributed by atoms with E-state index >= 15 is 0 Å². The predicted molar refractivity (Wildman–Crippen MR) is 102 cm³/mol. The monoisotopic (exact) mass is 342 g/mol. The molecule has 0 unspecified atom stereocenters. The number of aryl methyl sites for hydroxylation is 1. The van der Waals surface area contributed by atoms with E-state index in [9.17, 15) is 9.90 Å². The molecule has 0 heterocycles. The fourth-order valence-corrected chi connectivity index (χ4v) is 3.31. The van der Waals surface area contributed by atoms with Crippen LogP contribution in [0.2, 0.25) is 0 Å². The van der Waals surface area contributed by atoms with Crippen molar-refractivity contribution in [1.82, 2.24) is 0 Å². The molecule has 1 aliphatic rings.